The molecule has 7 aromatic carbocycles. The van der Waals surface area contributed by atoms with Gasteiger partial charge in [0, 0.05) is 50.8 Å². The molecule has 0 saturated heterocycles. The van der Waals surface area contributed by atoms with Crippen LogP contribution < -0.4 is 31.1 Å². The van der Waals surface area contributed by atoms with E-state index in [1.54, 1.807) is 0 Å². The third-order valence-electron chi connectivity index (χ3n) is 18.0. The summed E-state index contributed by atoms with van der Waals surface area (Å²) >= 11 is 0. The fraction of sp³-hybridized carbons (Fsp3) is 0.373. The van der Waals surface area contributed by atoms with Crippen LogP contribution in [0.4, 0.5) is 45.5 Å². The molecule has 0 bridgehead atoms. The highest BCUT2D eigenvalue weighted by Gasteiger charge is 2.60. The zero-order valence-electron chi connectivity index (χ0n) is 45.2. The highest BCUT2D eigenvalue weighted by molar-refractivity contribution is 7.00. The number of rotatable bonds is 4. The zero-order valence-corrected chi connectivity index (χ0v) is 45.2. The van der Waals surface area contributed by atoms with Crippen molar-refractivity contribution in [2.45, 2.75) is 156 Å². The summed E-state index contributed by atoms with van der Waals surface area (Å²) in [7, 11) is 0. The maximum Gasteiger partial charge on any atom is 0.252 e. The van der Waals surface area contributed by atoms with E-state index in [1.165, 1.54) is 131 Å². The van der Waals surface area contributed by atoms with Gasteiger partial charge in [-0.05, 0) is 183 Å². The van der Waals surface area contributed by atoms with Crippen molar-refractivity contribution in [2.75, 3.05) is 14.7 Å². The maximum absolute atomic E-state index is 2.78. The number of aryl methyl sites for hydroxylation is 1. The second kappa shape index (κ2) is 15.3. The van der Waals surface area contributed by atoms with E-state index in [0.717, 1.165) is 12.8 Å². The van der Waals surface area contributed by atoms with Gasteiger partial charge in [-0.3, -0.25) is 0 Å². The minimum Gasteiger partial charge on any atom is -0.334 e. The van der Waals surface area contributed by atoms with Gasteiger partial charge >= 0.3 is 0 Å². The van der Waals surface area contributed by atoms with Gasteiger partial charge in [-0.1, -0.05) is 162 Å². The summed E-state index contributed by atoms with van der Waals surface area (Å²) in [5.74, 6) is 0. The van der Waals surface area contributed by atoms with Crippen LogP contribution in [-0.2, 0) is 34.5 Å². The number of fused-ring (bicyclic) bond motifs is 8. The van der Waals surface area contributed by atoms with Gasteiger partial charge in [0.1, 0.15) is 0 Å². The van der Waals surface area contributed by atoms with Gasteiger partial charge in [0.25, 0.3) is 6.71 Å². The molecule has 2 aliphatic carbocycles. The lowest BCUT2D eigenvalue weighted by molar-refractivity contribution is 0.330. The molecule has 3 nitrogen and oxygen atoms in total. The molecule has 2 unspecified atom stereocenters. The topological polar surface area (TPSA) is 9.72 Å². The summed E-state index contributed by atoms with van der Waals surface area (Å²) in [6.45, 7) is 33.4. The molecular weight excluding hydrogens is 858 g/mol. The molecule has 2 atom stereocenters. The van der Waals surface area contributed by atoms with Crippen molar-refractivity contribution < 1.29 is 0 Å². The van der Waals surface area contributed by atoms with Crippen LogP contribution in [0.5, 0.6) is 0 Å². The van der Waals surface area contributed by atoms with Crippen LogP contribution >= 0.6 is 0 Å². The lowest BCUT2D eigenvalue weighted by Gasteiger charge is -2.46. The third-order valence-corrected chi connectivity index (χ3v) is 18.0. The Balaban J connectivity index is 1.14. The normalized spacial score (nSPS) is 20.6. The van der Waals surface area contributed by atoms with Crippen LogP contribution in [0.25, 0.3) is 11.1 Å². The Hall–Kier alpha value is -6.00. The Morgan fingerprint density at radius 2 is 1.06 bits per heavy atom. The van der Waals surface area contributed by atoms with Gasteiger partial charge in [0.05, 0.1) is 11.2 Å². The monoisotopic (exact) mass is 932 g/mol. The molecule has 1 saturated carbocycles. The molecular formula is C67H74BN3. The number of hydrogen-bond donors (Lipinski definition) is 0. The predicted octanol–water partition coefficient (Wildman–Crippen LogP) is 16.1. The SMILES string of the molecule is Cc1cc2c3c(c1)N(c1ccc(C(C)(C)C)cc1-c1ccccc1)c1cc4c(cc1B3c1ccc(N3c5ccc(C(C)(C)C)cc5C5(C)CCCC35C)cc1N2c1ccc(C(C)(C)C)cc1)CC(C)(C)C4. The minimum absolute atomic E-state index is 0.00616. The molecule has 5 aliphatic rings. The van der Waals surface area contributed by atoms with Crippen LogP contribution in [0.1, 0.15) is 148 Å². The number of nitrogens with zero attached hydrogens (tertiary/aromatic N) is 3. The first kappa shape index (κ1) is 46.1. The summed E-state index contributed by atoms with van der Waals surface area (Å²) in [5, 5.41) is 0. The lowest BCUT2D eigenvalue weighted by Crippen LogP contribution is -2.61. The quantitative estimate of drug-likeness (QED) is 0.163. The highest BCUT2D eigenvalue weighted by atomic mass is 15.3. The number of anilines is 8. The van der Waals surface area contributed by atoms with E-state index in [9.17, 15) is 0 Å². The van der Waals surface area contributed by atoms with Crippen molar-refractivity contribution in [1.82, 2.24) is 0 Å². The first-order valence-electron chi connectivity index (χ1n) is 26.8. The van der Waals surface area contributed by atoms with Crippen molar-refractivity contribution in [3.05, 3.63) is 172 Å². The molecule has 0 N–H and O–H groups in total. The van der Waals surface area contributed by atoms with E-state index >= 15 is 0 Å². The summed E-state index contributed by atoms with van der Waals surface area (Å²) in [4.78, 5) is 8.09. The summed E-state index contributed by atoms with van der Waals surface area (Å²) in [5.41, 5.74) is 27.1. The van der Waals surface area contributed by atoms with Crippen molar-refractivity contribution in [1.29, 1.82) is 0 Å². The molecule has 0 spiro atoms. The van der Waals surface area contributed by atoms with Crippen molar-refractivity contribution >= 4 is 68.6 Å². The number of benzene rings is 7. The van der Waals surface area contributed by atoms with Crippen molar-refractivity contribution in [3.8, 4) is 11.1 Å². The summed E-state index contributed by atoms with van der Waals surface area (Å²) in [6.07, 6.45) is 5.77. The molecule has 7 aromatic rings. The smallest absolute Gasteiger partial charge is 0.252 e. The Morgan fingerprint density at radius 1 is 0.479 bits per heavy atom. The lowest BCUT2D eigenvalue weighted by atomic mass is 9.33. The second-order valence-corrected chi connectivity index (χ2v) is 26.7. The van der Waals surface area contributed by atoms with E-state index in [1.807, 2.05) is 0 Å². The van der Waals surface area contributed by atoms with Crippen molar-refractivity contribution in [3.63, 3.8) is 0 Å². The fourth-order valence-corrected chi connectivity index (χ4v) is 14.0. The molecule has 0 amide bonds. The van der Waals surface area contributed by atoms with Gasteiger partial charge in [0.15, 0.2) is 0 Å². The molecule has 360 valence electrons. The van der Waals surface area contributed by atoms with Crippen LogP contribution in [0, 0.1) is 12.3 Å². The first-order chi connectivity index (χ1) is 33.4. The van der Waals surface area contributed by atoms with Gasteiger partial charge in [0.2, 0.25) is 0 Å². The fourth-order valence-electron chi connectivity index (χ4n) is 14.0. The van der Waals surface area contributed by atoms with E-state index in [2.05, 4.69) is 245 Å². The van der Waals surface area contributed by atoms with Crippen LogP contribution in [0.2, 0.25) is 0 Å². The Morgan fingerprint density at radius 3 is 1.72 bits per heavy atom. The maximum atomic E-state index is 2.78. The standard InChI is InChI=1S/C67H74BN3/c1-42-33-59-61-60(34-42)70(55-29-23-47(63(5,6)7)37-51(55)43-19-16-15-17-20-43)57-36-45-41-65(11,12)40-44(45)35-54(57)68(61)53-28-27-50(39-58(53)69(59)49-25-21-46(22-26-49)62(2,3)4)71-56-30-24-48(64(8,9)10)38-52(56)66(13)31-18-32-67(66,71)14/h15-17,19-30,33-39H,18,31-32,40-41H2,1-14H3. The van der Waals surface area contributed by atoms with Crippen molar-refractivity contribution in [2.24, 2.45) is 5.41 Å². The van der Waals surface area contributed by atoms with Crippen LogP contribution in [0.3, 0.4) is 0 Å². The molecule has 3 aliphatic heterocycles. The molecule has 71 heavy (non-hydrogen) atoms. The van der Waals surface area contributed by atoms with Gasteiger partial charge in [-0.15, -0.1) is 0 Å². The largest absolute Gasteiger partial charge is 0.334 e. The summed E-state index contributed by atoms with van der Waals surface area (Å²) in [6, 6.07) is 53.3. The third kappa shape index (κ3) is 6.96. The van der Waals surface area contributed by atoms with Gasteiger partial charge in [-0.25, -0.2) is 0 Å². The van der Waals surface area contributed by atoms with E-state index in [0.29, 0.717) is 0 Å². The van der Waals surface area contributed by atoms with E-state index in [-0.39, 0.29) is 39.3 Å². The zero-order chi connectivity index (χ0) is 49.9. The molecule has 0 aromatic heterocycles. The number of hydrogen-bond acceptors (Lipinski definition) is 3. The molecule has 1 fully saturated rings. The Bertz CT molecular complexity index is 3320. The van der Waals surface area contributed by atoms with E-state index in [4.69, 9.17) is 0 Å². The molecule has 4 heteroatoms. The molecule has 12 rings (SSSR count). The first-order valence-corrected chi connectivity index (χ1v) is 26.8. The Kier molecular flexibility index (Phi) is 9.91. The van der Waals surface area contributed by atoms with Gasteiger partial charge in [-0.2, -0.15) is 0 Å². The summed E-state index contributed by atoms with van der Waals surface area (Å²) < 4.78 is 0. The highest BCUT2D eigenvalue weighted by Crippen LogP contribution is 2.63. The average molecular weight is 932 g/mol. The van der Waals surface area contributed by atoms with Gasteiger partial charge < -0.3 is 14.7 Å². The predicted molar refractivity (Wildman–Crippen MR) is 306 cm³/mol. The van der Waals surface area contributed by atoms with Crippen LogP contribution in [-0.4, -0.2) is 12.3 Å². The Labute approximate surface area is 426 Å². The average Bonchev–Trinajstić information content (AvgIpc) is 3.86. The minimum atomic E-state index is -0.0557. The molecule has 3 heterocycles. The van der Waals surface area contributed by atoms with Crippen LogP contribution in [0.15, 0.2) is 133 Å². The molecule has 0 radical (unpaired) electrons. The second-order valence-electron chi connectivity index (χ2n) is 26.7. The van der Waals surface area contributed by atoms with E-state index < -0.39 is 0 Å².